The van der Waals surface area contributed by atoms with Crippen molar-refractivity contribution >= 4 is 37.5 Å². The largest absolute Gasteiger partial charge is 0.346 e. The average molecular weight is 402 g/mol. The van der Waals surface area contributed by atoms with Crippen LogP contribution in [0.3, 0.4) is 0 Å². The number of nitrogens with zero attached hydrogens (tertiary/aromatic N) is 2. The normalized spacial score (nSPS) is 15.3. The molecule has 1 aliphatic rings. The zero-order valence-corrected chi connectivity index (χ0v) is 16.2. The summed E-state index contributed by atoms with van der Waals surface area (Å²) in [6.45, 7) is 1.46. The second kappa shape index (κ2) is 7.38. The van der Waals surface area contributed by atoms with Crippen molar-refractivity contribution < 1.29 is 13.2 Å². The average Bonchev–Trinajstić information content (AvgIpc) is 3.36. The molecule has 3 aromatic rings. The standard InChI is InChI=1S/C19H19N3O3S2/c23-19(20-13-18-21-16-5-1-2-6-17(16)26-18)14-7-9-15(10-8-14)27(24,25)22-11-3-4-12-22/h1-2,5-10H,3-4,11-13H2,(H,20,23). The van der Waals surface area contributed by atoms with Gasteiger partial charge in [-0.2, -0.15) is 4.31 Å². The van der Waals surface area contributed by atoms with Crippen molar-refractivity contribution in [1.29, 1.82) is 0 Å². The van der Waals surface area contributed by atoms with Gasteiger partial charge in [-0.05, 0) is 49.2 Å². The molecule has 1 amide bonds. The van der Waals surface area contributed by atoms with Gasteiger partial charge in [0.15, 0.2) is 0 Å². The Bertz CT molecular complexity index is 1040. The molecule has 8 heteroatoms. The van der Waals surface area contributed by atoms with Crippen LogP contribution in [0.2, 0.25) is 0 Å². The Balaban J connectivity index is 1.43. The van der Waals surface area contributed by atoms with Gasteiger partial charge in [0.25, 0.3) is 5.91 Å². The molecule has 1 saturated heterocycles. The van der Waals surface area contributed by atoms with Crippen LogP contribution in [0, 0.1) is 0 Å². The van der Waals surface area contributed by atoms with E-state index in [0.29, 0.717) is 25.2 Å². The molecule has 1 aromatic heterocycles. The molecule has 0 spiro atoms. The summed E-state index contributed by atoms with van der Waals surface area (Å²) in [6.07, 6.45) is 1.79. The van der Waals surface area contributed by atoms with Crippen LogP contribution in [-0.2, 0) is 16.6 Å². The van der Waals surface area contributed by atoms with Crippen LogP contribution < -0.4 is 5.32 Å². The Morgan fingerprint density at radius 3 is 2.48 bits per heavy atom. The van der Waals surface area contributed by atoms with E-state index < -0.39 is 10.0 Å². The van der Waals surface area contributed by atoms with Gasteiger partial charge < -0.3 is 5.32 Å². The monoisotopic (exact) mass is 401 g/mol. The van der Waals surface area contributed by atoms with E-state index in [1.54, 1.807) is 23.5 Å². The van der Waals surface area contributed by atoms with E-state index in [0.717, 1.165) is 28.1 Å². The highest BCUT2D eigenvalue weighted by Crippen LogP contribution is 2.22. The minimum atomic E-state index is -3.46. The minimum Gasteiger partial charge on any atom is -0.346 e. The Morgan fingerprint density at radius 2 is 1.78 bits per heavy atom. The highest BCUT2D eigenvalue weighted by molar-refractivity contribution is 7.89. The van der Waals surface area contributed by atoms with Crippen molar-refractivity contribution in [2.45, 2.75) is 24.3 Å². The summed E-state index contributed by atoms with van der Waals surface area (Å²) in [7, 11) is -3.46. The van der Waals surface area contributed by atoms with Crippen molar-refractivity contribution in [2.75, 3.05) is 13.1 Å². The number of amides is 1. The maximum absolute atomic E-state index is 12.5. The summed E-state index contributed by atoms with van der Waals surface area (Å²) in [6, 6.07) is 13.9. The molecule has 140 valence electrons. The second-order valence-corrected chi connectivity index (χ2v) is 9.45. The zero-order valence-electron chi connectivity index (χ0n) is 14.6. The smallest absolute Gasteiger partial charge is 0.251 e. The molecule has 1 fully saturated rings. The van der Waals surface area contributed by atoms with Crippen LogP contribution in [0.1, 0.15) is 28.2 Å². The third kappa shape index (κ3) is 3.73. The Morgan fingerprint density at radius 1 is 1.07 bits per heavy atom. The molecular formula is C19H19N3O3S2. The van der Waals surface area contributed by atoms with Gasteiger partial charge in [0.1, 0.15) is 5.01 Å². The van der Waals surface area contributed by atoms with Crippen LogP contribution in [0.4, 0.5) is 0 Å². The molecule has 0 radical (unpaired) electrons. The SMILES string of the molecule is O=C(NCc1nc2ccccc2s1)c1ccc(S(=O)(=O)N2CCCC2)cc1. The van der Waals surface area contributed by atoms with E-state index in [-0.39, 0.29) is 10.8 Å². The Hall–Kier alpha value is -2.29. The van der Waals surface area contributed by atoms with Crippen molar-refractivity contribution in [3.63, 3.8) is 0 Å². The number of sulfonamides is 1. The lowest BCUT2D eigenvalue weighted by atomic mass is 10.2. The first-order valence-electron chi connectivity index (χ1n) is 8.77. The topological polar surface area (TPSA) is 79.4 Å². The molecule has 6 nitrogen and oxygen atoms in total. The van der Waals surface area contributed by atoms with E-state index >= 15 is 0 Å². The van der Waals surface area contributed by atoms with E-state index in [2.05, 4.69) is 10.3 Å². The van der Waals surface area contributed by atoms with Gasteiger partial charge in [-0.25, -0.2) is 13.4 Å². The fourth-order valence-corrected chi connectivity index (χ4v) is 5.53. The number of hydrogen-bond donors (Lipinski definition) is 1. The number of nitrogens with one attached hydrogen (secondary N) is 1. The van der Waals surface area contributed by atoms with Crippen LogP contribution in [-0.4, -0.2) is 36.7 Å². The molecule has 0 saturated carbocycles. The lowest BCUT2D eigenvalue weighted by Crippen LogP contribution is -2.28. The molecule has 0 bridgehead atoms. The molecule has 1 N–H and O–H groups in total. The maximum atomic E-state index is 12.5. The van der Waals surface area contributed by atoms with Gasteiger partial charge in [-0.1, -0.05) is 12.1 Å². The Kier molecular flexibility index (Phi) is 4.94. The number of aromatic nitrogens is 1. The van der Waals surface area contributed by atoms with Crippen LogP contribution >= 0.6 is 11.3 Å². The third-order valence-corrected chi connectivity index (χ3v) is 7.51. The number of carbonyl (C=O) groups excluding carboxylic acids is 1. The molecule has 0 unspecified atom stereocenters. The first-order chi connectivity index (χ1) is 13.0. The first kappa shape index (κ1) is 18.1. The van der Waals surface area contributed by atoms with E-state index in [1.165, 1.54) is 16.4 Å². The highest BCUT2D eigenvalue weighted by atomic mass is 32.2. The van der Waals surface area contributed by atoms with E-state index in [4.69, 9.17) is 0 Å². The zero-order chi connectivity index (χ0) is 18.9. The number of para-hydroxylation sites is 1. The molecule has 4 rings (SSSR count). The molecule has 27 heavy (non-hydrogen) atoms. The number of hydrogen-bond acceptors (Lipinski definition) is 5. The summed E-state index contributed by atoms with van der Waals surface area (Å²) < 4.78 is 27.6. The summed E-state index contributed by atoms with van der Waals surface area (Å²) in [5, 5.41) is 3.67. The van der Waals surface area contributed by atoms with Crippen LogP contribution in [0.25, 0.3) is 10.2 Å². The van der Waals surface area contributed by atoms with Gasteiger partial charge in [0, 0.05) is 18.7 Å². The third-order valence-electron chi connectivity index (χ3n) is 4.56. The lowest BCUT2D eigenvalue weighted by molar-refractivity contribution is 0.0951. The van der Waals surface area contributed by atoms with Gasteiger partial charge in [-0.15, -0.1) is 11.3 Å². The summed E-state index contributed by atoms with van der Waals surface area (Å²) in [5.74, 6) is -0.251. The fraction of sp³-hybridized carbons (Fsp3) is 0.263. The van der Waals surface area contributed by atoms with Gasteiger partial charge in [0.05, 0.1) is 21.7 Å². The molecule has 0 atom stereocenters. The molecule has 2 aromatic carbocycles. The highest BCUT2D eigenvalue weighted by Gasteiger charge is 2.27. The van der Waals surface area contributed by atoms with Gasteiger partial charge in [0.2, 0.25) is 10.0 Å². The predicted octanol–water partition coefficient (Wildman–Crippen LogP) is 3.01. The van der Waals surface area contributed by atoms with Gasteiger partial charge in [-0.3, -0.25) is 4.79 Å². The van der Waals surface area contributed by atoms with Crippen LogP contribution in [0.5, 0.6) is 0 Å². The summed E-state index contributed by atoms with van der Waals surface area (Å²) in [4.78, 5) is 17.1. The van der Waals surface area contributed by atoms with E-state index in [1.807, 2.05) is 24.3 Å². The number of fused-ring (bicyclic) bond motifs is 1. The lowest BCUT2D eigenvalue weighted by Gasteiger charge is -2.15. The Labute approximate surface area is 161 Å². The fourth-order valence-electron chi connectivity index (χ4n) is 3.11. The summed E-state index contributed by atoms with van der Waals surface area (Å²) in [5.41, 5.74) is 1.35. The number of benzene rings is 2. The van der Waals surface area contributed by atoms with Crippen molar-refractivity contribution in [3.8, 4) is 0 Å². The minimum absolute atomic E-state index is 0.229. The molecular weight excluding hydrogens is 382 g/mol. The van der Waals surface area contributed by atoms with Gasteiger partial charge >= 0.3 is 0 Å². The number of thiazole rings is 1. The quantitative estimate of drug-likeness (QED) is 0.713. The first-order valence-corrected chi connectivity index (χ1v) is 11.0. The van der Waals surface area contributed by atoms with Crippen molar-refractivity contribution in [2.24, 2.45) is 0 Å². The van der Waals surface area contributed by atoms with E-state index in [9.17, 15) is 13.2 Å². The maximum Gasteiger partial charge on any atom is 0.251 e. The summed E-state index contributed by atoms with van der Waals surface area (Å²) >= 11 is 1.54. The second-order valence-electron chi connectivity index (χ2n) is 6.39. The number of carbonyl (C=O) groups is 1. The predicted molar refractivity (Wildman–Crippen MR) is 105 cm³/mol. The molecule has 1 aliphatic heterocycles. The molecule has 0 aliphatic carbocycles. The molecule has 2 heterocycles. The van der Waals surface area contributed by atoms with Crippen molar-refractivity contribution in [3.05, 3.63) is 59.1 Å². The van der Waals surface area contributed by atoms with Crippen molar-refractivity contribution in [1.82, 2.24) is 14.6 Å². The van der Waals surface area contributed by atoms with Crippen LogP contribution in [0.15, 0.2) is 53.4 Å². The number of rotatable bonds is 5.